The van der Waals surface area contributed by atoms with Crippen LogP contribution >= 0.6 is 23.4 Å². The number of rotatable bonds is 6. The van der Waals surface area contributed by atoms with Crippen LogP contribution in [0, 0.1) is 0 Å². The second kappa shape index (κ2) is 6.87. The van der Waals surface area contributed by atoms with Gasteiger partial charge in [0.2, 0.25) is 5.91 Å². The van der Waals surface area contributed by atoms with Gasteiger partial charge in [-0.1, -0.05) is 0 Å². The summed E-state index contributed by atoms with van der Waals surface area (Å²) in [5.41, 5.74) is 3.07. The van der Waals surface area contributed by atoms with E-state index < -0.39 is 35.0 Å². The van der Waals surface area contributed by atoms with Crippen molar-refractivity contribution in [2.24, 2.45) is 5.73 Å². The van der Waals surface area contributed by atoms with Crippen LogP contribution in [-0.2, 0) is 23.9 Å². The highest BCUT2D eigenvalue weighted by Gasteiger charge is 2.66. The average Bonchev–Trinajstić information content (AvgIpc) is 2.55. The van der Waals surface area contributed by atoms with Crippen molar-refractivity contribution in [1.29, 1.82) is 0 Å². The van der Waals surface area contributed by atoms with Crippen molar-refractivity contribution in [3.05, 3.63) is 11.3 Å². The number of amides is 3. The van der Waals surface area contributed by atoms with Gasteiger partial charge in [0.05, 0.1) is 0 Å². The second-order valence-corrected chi connectivity index (χ2v) is 6.16. The van der Waals surface area contributed by atoms with Crippen LogP contribution in [0.4, 0.5) is 4.79 Å². The lowest BCUT2D eigenvalue weighted by atomic mass is 9.98. The molecule has 2 rings (SSSR count). The van der Waals surface area contributed by atoms with Crippen LogP contribution in [-0.4, -0.2) is 70.3 Å². The molecule has 2 heterocycles. The van der Waals surface area contributed by atoms with Crippen LogP contribution in [0.1, 0.15) is 0 Å². The Hall–Kier alpha value is -1.98. The van der Waals surface area contributed by atoms with Gasteiger partial charge < -0.3 is 25.6 Å². The zero-order valence-corrected chi connectivity index (χ0v) is 14.0. The van der Waals surface area contributed by atoms with E-state index >= 15 is 0 Å². The van der Waals surface area contributed by atoms with Gasteiger partial charge in [-0.15, -0.1) is 23.4 Å². The first-order valence-electron chi connectivity index (χ1n) is 6.53. The number of halogens is 1. The molecule has 0 bridgehead atoms. The van der Waals surface area contributed by atoms with Gasteiger partial charge in [-0.2, -0.15) is 0 Å². The largest absolute Gasteiger partial charge is 0.477 e. The number of fused-ring (bicyclic) bond motifs is 1. The van der Waals surface area contributed by atoms with E-state index in [1.165, 1.54) is 7.11 Å². The number of carbonyl (C=O) groups is 4. The Morgan fingerprint density at radius 3 is 2.71 bits per heavy atom. The summed E-state index contributed by atoms with van der Waals surface area (Å²) < 4.78 is 9.78. The Labute approximate surface area is 145 Å². The van der Waals surface area contributed by atoms with E-state index in [0.29, 0.717) is 0 Å². The van der Waals surface area contributed by atoms with E-state index in [1.807, 2.05) is 0 Å². The number of primary amides is 1. The summed E-state index contributed by atoms with van der Waals surface area (Å²) in [4.78, 5) is 47.3. The molecule has 0 aromatic rings. The SMILES string of the molecule is COC1(NC(=O)CCl)C(=O)N2C(C(=O)O)=C(COC(N)=O)CS[C@H]21. The number of nitrogens with two attached hydrogens (primary N) is 1. The Morgan fingerprint density at radius 1 is 1.54 bits per heavy atom. The lowest BCUT2D eigenvalue weighted by molar-refractivity contribution is -0.192. The molecule has 132 valence electrons. The third-order valence-corrected chi connectivity index (χ3v) is 5.09. The number of nitrogens with one attached hydrogen (secondary N) is 1. The van der Waals surface area contributed by atoms with Gasteiger partial charge in [0.25, 0.3) is 11.6 Å². The van der Waals surface area contributed by atoms with Gasteiger partial charge in [-0.05, 0) is 0 Å². The fourth-order valence-corrected chi connectivity index (χ4v) is 3.94. The minimum Gasteiger partial charge on any atom is -0.477 e. The summed E-state index contributed by atoms with van der Waals surface area (Å²) in [5, 5.41) is 11.0. The number of ether oxygens (including phenoxy) is 2. The van der Waals surface area contributed by atoms with E-state index in [9.17, 15) is 24.3 Å². The number of β-lactam (4-membered cyclic amide) rings is 1. The molecule has 4 N–H and O–H groups in total. The molecule has 3 amide bonds. The number of carbonyl (C=O) groups excluding carboxylic acids is 3. The Bertz CT molecular complexity index is 640. The molecule has 24 heavy (non-hydrogen) atoms. The minimum absolute atomic E-state index is 0.144. The number of carboxylic acids is 1. The highest BCUT2D eigenvalue weighted by Crippen LogP contribution is 2.46. The Kier molecular flexibility index (Phi) is 5.26. The van der Waals surface area contributed by atoms with Crippen molar-refractivity contribution < 1.29 is 33.8 Å². The van der Waals surface area contributed by atoms with Crippen molar-refractivity contribution in [2.75, 3.05) is 25.3 Å². The maximum absolute atomic E-state index is 12.5. The first-order valence-corrected chi connectivity index (χ1v) is 8.11. The highest BCUT2D eigenvalue weighted by atomic mass is 35.5. The molecule has 0 aromatic heterocycles. The van der Waals surface area contributed by atoms with Gasteiger partial charge in [0.15, 0.2) is 0 Å². The lowest BCUT2D eigenvalue weighted by Gasteiger charge is -2.55. The fourth-order valence-electron chi connectivity index (χ4n) is 2.45. The normalized spacial score (nSPS) is 25.7. The zero-order chi connectivity index (χ0) is 18.1. The van der Waals surface area contributed by atoms with E-state index in [4.69, 9.17) is 22.1 Å². The number of hydrogen-bond donors (Lipinski definition) is 3. The summed E-state index contributed by atoms with van der Waals surface area (Å²) in [6.45, 7) is -0.353. The molecule has 12 heteroatoms. The molecule has 1 fully saturated rings. The van der Waals surface area contributed by atoms with Crippen LogP contribution in [0.2, 0.25) is 0 Å². The number of alkyl halides is 1. The molecule has 0 aliphatic carbocycles. The van der Waals surface area contributed by atoms with Crippen molar-refractivity contribution in [3.8, 4) is 0 Å². The van der Waals surface area contributed by atoms with Crippen LogP contribution in [0.15, 0.2) is 11.3 Å². The van der Waals surface area contributed by atoms with Crippen molar-refractivity contribution in [2.45, 2.75) is 11.1 Å². The smallest absolute Gasteiger partial charge is 0.404 e. The Balaban J connectivity index is 2.32. The monoisotopic (exact) mass is 379 g/mol. The molecule has 1 saturated heterocycles. The molecule has 0 saturated carbocycles. The molecular weight excluding hydrogens is 366 g/mol. The molecule has 10 nitrogen and oxygen atoms in total. The maximum Gasteiger partial charge on any atom is 0.404 e. The number of hydrogen-bond acceptors (Lipinski definition) is 7. The topological polar surface area (TPSA) is 148 Å². The highest BCUT2D eigenvalue weighted by molar-refractivity contribution is 8.00. The van der Waals surface area contributed by atoms with Crippen LogP contribution in [0.3, 0.4) is 0 Å². The van der Waals surface area contributed by atoms with Crippen LogP contribution < -0.4 is 11.1 Å². The predicted octanol–water partition coefficient (Wildman–Crippen LogP) is -0.967. The number of aliphatic carboxylic acids is 1. The van der Waals surface area contributed by atoms with Gasteiger partial charge >= 0.3 is 12.1 Å². The number of methoxy groups -OCH3 is 1. The summed E-state index contributed by atoms with van der Waals surface area (Å²) in [5.74, 6) is -2.99. The minimum atomic E-state index is -1.69. The van der Waals surface area contributed by atoms with Crippen molar-refractivity contribution >= 4 is 47.2 Å². The van der Waals surface area contributed by atoms with E-state index in [0.717, 1.165) is 16.7 Å². The summed E-state index contributed by atoms with van der Waals surface area (Å²) in [7, 11) is 1.22. The summed E-state index contributed by atoms with van der Waals surface area (Å²) in [6.07, 6.45) is -1.06. The predicted molar refractivity (Wildman–Crippen MR) is 81.9 cm³/mol. The van der Waals surface area contributed by atoms with E-state index in [2.05, 4.69) is 10.1 Å². The van der Waals surface area contributed by atoms with Gasteiger partial charge in [0, 0.05) is 18.4 Å². The number of carboxylic acid groups (broad SMARTS) is 1. The molecule has 2 aliphatic heterocycles. The third-order valence-electron chi connectivity index (χ3n) is 3.47. The summed E-state index contributed by atoms with van der Waals surface area (Å²) in [6, 6.07) is 0. The molecule has 2 aliphatic rings. The van der Waals surface area contributed by atoms with E-state index in [-0.39, 0.29) is 29.5 Å². The van der Waals surface area contributed by atoms with E-state index in [1.54, 1.807) is 0 Å². The van der Waals surface area contributed by atoms with Gasteiger partial charge in [0.1, 0.15) is 23.6 Å². The van der Waals surface area contributed by atoms with Crippen LogP contribution in [0.25, 0.3) is 0 Å². The Morgan fingerprint density at radius 2 is 2.21 bits per heavy atom. The molecule has 0 aromatic carbocycles. The standard InChI is InChI=1S/C12H14ClN3O7S/c1-22-12(15-6(17)2-13)9(20)16-7(8(18)19)5(3-23-11(14)21)4-24-10(12)16/h10H,2-4H2,1H3,(H2,14,21)(H,15,17)(H,18,19)/t10-,12?/m0/s1. The van der Waals surface area contributed by atoms with Crippen molar-refractivity contribution in [3.63, 3.8) is 0 Å². The quantitative estimate of drug-likeness (QED) is 0.303. The fraction of sp³-hybridized carbons (Fsp3) is 0.500. The zero-order valence-electron chi connectivity index (χ0n) is 12.4. The van der Waals surface area contributed by atoms with Gasteiger partial charge in [-0.3, -0.25) is 14.5 Å². The molecule has 2 atom stereocenters. The number of thioether (sulfide) groups is 1. The molecule has 1 unspecified atom stereocenters. The maximum atomic E-state index is 12.5. The summed E-state index contributed by atoms with van der Waals surface area (Å²) >= 11 is 6.58. The first-order chi connectivity index (χ1) is 11.3. The third kappa shape index (κ3) is 2.89. The number of nitrogens with zero attached hydrogens (tertiary/aromatic N) is 1. The first kappa shape index (κ1) is 18.4. The average molecular weight is 380 g/mol. The van der Waals surface area contributed by atoms with Gasteiger partial charge in [-0.25, -0.2) is 9.59 Å². The molecule has 0 radical (unpaired) electrons. The lowest BCUT2D eigenvalue weighted by Crippen LogP contribution is -2.80. The molecule has 0 spiro atoms. The van der Waals surface area contributed by atoms with Crippen LogP contribution in [0.5, 0.6) is 0 Å². The molecular formula is C12H14ClN3O7S. The van der Waals surface area contributed by atoms with Crippen molar-refractivity contribution in [1.82, 2.24) is 10.2 Å². The second-order valence-electron chi connectivity index (χ2n) is 4.83.